The van der Waals surface area contributed by atoms with Gasteiger partial charge in [-0.05, 0) is 73.4 Å². The van der Waals surface area contributed by atoms with Crippen LogP contribution in [0.2, 0.25) is 0 Å². The predicted octanol–water partition coefficient (Wildman–Crippen LogP) is 3.43. The second kappa shape index (κ2) is 6.95. The van der Waals surface area contributed by atoms with E-state index in [9.17, 15) is 20.1 Å². The summed E-state index contributed by atoms with van der Waals surface area (Å²) < 4.78 is 5.87. The molecule has 3 rings (SSSR count). The zero-order valence-electron chi connectivity index (χ0n) is 16.5. The van der Waals surface area contributed by atoms with E-state index < -0.39 is 23.8 Å². The van der Waals surface area contributed by atoms with Crippen LogP contribution in [0.1, 0.15) is 57.3 Å². The Morgan fingerprint density at radius 1 is 1.22 bits per heavy atom. The number of esters is 1. The van der Waals surface area contributed by atoms with Crippen molar-refractivity contribution >= 4 is 5.97 Å². The number of aliphatic hydroxyl groups is 2. The highest BCUT2D eigenvalue weighted by molar-refractivity contribution is 5.89. The van der Waals surface area contributed by atoms with E-state index >= 15 is 0 Å². The molecule has 2 aliphatic rings. The Morgan fingerprint density at radius 3 is 2.44 bits per heavy atom. The minimum absolute atomic E-state index is 0.00292. The van der Waals surface area contributed by atoms with E-state index in [1.165, 1.54) is 24.3 Å². The van der Waals surface area contributed by atoms with E-state index in [2.05, 4.69) is 6.92 Å². The van der Waals surface area contributed by atoms with Crippen LogP contribution < -0.4 is 0 Å². The number of phenols is 1. The fraction of sp³-hybridized carbons (Fsp3) is 0.591. The van der Waals surface area contributed by atoms with Crippen molar-refractivity contribution < 1.29 is 24.9 Å². The van der Waals surface area contributed by atoms with Gasteiger partial charge in [-0.1, -0.05) is 20.8 Å². The highest BCUT2D eigenvalue weighted by Gasteiger charge is 2.60. The van der Waals surface area contributed by atoms with E-state index in [4.69, 9.17) is 4.74 Å². The van der Waals surface area contributed by atoms with Crippen LogP contribution in [-0.2, 0) is 4.74 Å². The lowest BCUT2D eigenvalue weighted by Crippen LogP contribution is -2.50. The molecule has 1 aromatic rings. The largest absolute Gasteiger partial charge is 0.508 e. The van der Waals surface area contributed by atoms with Crippen molar-refractivity contribution in [2.45, 2.75) is 64.8 Å². The number of rotatable bonds is 3. The third kappa shape index (κ3) is 3.50. The Hall–Kier alpha value is -1.85. The van der Waals surface area contributed by atoms with E-state index in [1.807, 2.05) is 20.8 Å². The Bertz CT molecular complexity index is 738. The first-order chi connectivity index (χ1) is 12.6. The third-order valence-corrected chi connectivity index (χ3v) is 6.67. The highest BCUT2D eigenvalue weighted by atomic mass is 16.5. The van der Waals surface area contributed by atoms with Crippen LogP contribution in [0.25, 0.3) is 0 Å². The molecule has 1 saturated carbocycles. The van der Waals surface area contributed by atoms with Gasteiger partial charge in [0, 0.05) is 5.92 Å². The van der Waals surface area contributed by atoms with Gasteiger partial charge in [0.25, 0.3) is 0 Å². The quantitative estimate of drug-likeness (QED) is 0.557. The smallest absolute Gasteiger partial charge is 0.338 e. The molecule has 5 nitrogen and oxygen atoms in total. The number of aliphatic hydroxyl groups excluding tert-OH is 1. The molecule has 3 N–H and O–H groups in total. The molecular formula is C22H30O5. The summed E-state index contributed by atoms with van der Waals surface area (Å²) in [6, 6.07) is 5.92. The first kappa shape index (κ1) is 19.9. The molecule has 0 heterocycles. The van der Waals surface area contributed by atoms with Gasteiger partial charge in [0.15, 0.2) is 0 Å². The van der Waals surface area contributed by atoms with E-state index in [0.29, 0.717) is 18.4 Å². The normalized spacial score (nSPS) is 36.1. The SMILES string of the molecule is CC1=C[C@H](OC(=O)c2ccc(O)cc2)[C@@H]2[C@@](C)(CC[C@@]2(O)C(C)C)C[C@@H]1O. The molecule has 5 atom stereocenters. The standard InChI is InChI=1S/C22H30O5/c1-13(2)22(26)10-9-21(4)12-17(24)14(3)11-18(19(21)22)27-20(25)15-5-7-16(23)8-6-15/h5-8,11,13,17-19,23-24,26H,9-10,12H2,1-4H3/t17-,18-,19+,21-,22+/m0/s1. The van der Waals surface area contributed by atoms with Crippen LogP contribution in [0.3, 0.4) is 0 Å². The Labute approximate surface area is 160 Å². The van der Waals surface area contributed by atoms with Gasteiger partial charge in [-0.3, -0.25) is 0 Å². The average Bonchev–Trinajstić information content (AvgIpc) is 2.81. The molecule has 0 unspecified atom stereocenters. The summed E-state index contributed by atoms with van der Waals surface area (Å²) >= 11 is 0. The molecular weight excluding hydrogens is 344 g/mol. The first-order valence-corrected chi connectivity index (χ1v) is 9.65. The van der Waals surface area contributed by atoms with Crippen LogP contribution in [-0.4, -0.2) is 39.1 Å². The minimum atomic E-state index is -0.963. The fourth-order valence-corrected chi connectivity index (χ4v) is 4.92. The van der Waals surface area contributed by atoms with Crippen LogP contribution >= 0.6 is 0 Å². The number of hydrogen-bond acceptors (Lipinski definition) is 5. The fourth-order valence-electron chi connectivity index (χ4n) is 4.92. The first-order valence-electron chi connectivity index (χ1n) is 9.65. The van der Waals surface area contributed by atoms with Gasteiger partial charge in [0.2, 0.25) is 0 Å². The molecule has 0 bridgehead atoms. The molecule has 27 heavy (non-hydrogen) atoms. The number of phenolic OH excluding ortho intramolecular Hbond substituents is 1. The van der Waals surface area contributed by atoms with Gasteiger partial charge >= 0.3 is 5.97 Å². The van der Waals surface area contributed by atoms with Crippen LogP contribution in [0.5, 0.6) is 5.75 Å². The van der Waals surface area contributed by atoms with Gasteiger partial charge in [0.05, 0.1) is 17.3 Å². The molecule has 5 heteroatoms. The molecule has 0 radical (unpaired) electrons. The Balaban J connectivity index is 1.98. The molecule has 1 aromatic carbocycles. The second-order valence-corrected chi connectivity index (χ2v) is 8.83. The molecule has 0 aliphatic heterocycles. The summed E-state index contributed by atoms with van der Waals surface area (Å²) in [4.78, 5) is 12.7. The lowest BCUT2D eigenvalue weighted by molar-refractivity contribution is -0.104. The summed E-state index contributed by atoms with van der Waals surface area (Å²) in [6.07, 6.45) is 2.52. The second-order valence-electron chi connectivity index (χ2n) is 8.83. The minimum Gasteiger partial charge on any atom is -0.508 e. The zero-order valence-corrected chi connectivity index (χ0v) is 16.5. The van der Waals surface area contributed by atoms with E-state index in [-0.39, 0.29) is 23.0 Å². The van der Waals surface area contributed by atoms with Gasteiger partial charge in [-0.2, -0.15) is 0 Å². The molecule has 0 aromatic heterocycles. The van der Waals surface area contributed by atoms with Crippen molar-refractivity contribution in [2.24, 2.45) is 17.3 Å². The molecule has 2 aliphatic carbocycles. The number of aromatic hydroxyl groups is 1. The summed E-state index contributed by atoms with van der Waals surface area (Å²) in [5.74, 6) is -0.709. The summed E-state index contributed by atoms with van der Waals surface area (Å²) in [5, 5.41) is 31.5. The van der Waals surface area contributed by atoms with Crippen molar-refractivity contribution in [1.82, 2.24) is 0 Å². The zero-order chi connectivity index (χ0) is 20.0. The van der Waals surface area contributed by atoms with Crippen molar-refractivity contribution in [3.63, 3.8) is 0 Å². The number of carbonyl (C=O) groups excluding carboxylic acids is 1. The lowest BCUT2D eigenvalue weighted by atomic mass is 9.67. The molecule has 0 saturated heterocycles. The molecule has 1 fully saturated rings. The number of hydrogen-bond donors (Lipinski definition) is 3. The molecule has 148 valence electrons. The monoisotopic (exact) mass is 374 g/mol. The highest BCUT2D eigenvalue weighted by Crippen LogP contribution is 2.58. The van der Waals surface area contributed by atoms with Crippen LogP contribution in [0.15, 0.2) is 35.9 Å². The predicted molar refractivity (Wildman–Crippen MR) is 102 cm³/mol. The Kier molecular flexibility index (Phi) is 5.12. The van der Waals surface area contributed by atoms with Crippen molar-refractivity contribution in [2.75, 3.05) is 0 Å². The van der Waals surface area contributed by atoms with Crippen LogP contribution in [0, 0.1) is 17.3 Å². The summed E-state index contributed by atoms with van der Waals surface area (Å²) in [7, 11) is 0. The van der Waals surface area contributed by atoms with Crippen molar-refractivity contribution in [1.29, 1.82) is 0 Å². The average molecular weight is 374 g/mol. The van der Waals surface area contributed by atoms with Gasteiger partial charge in [-0.25, -0.2) is 4.79 Å². The van der Waals surface area contributed by atoms with Gasteiger partial charge in [-0.15, -0.1) is 0 Å². The number of ether oxygens (including phenoxy) is 1. The topological polar surface area (TPSA) is 87.0 Å². The van der Waals surface area contributed by atoms with Crippen LogP contribution in [0.4, 0.5) is 0 Å². The summed E-state index contributed by atoms with van der Waals surface area (Å²) in [5.41, 5.74) is -0.182. The number of benzene rings is 1. The molecule has 0 amide bonds. The maximum atomic E-state index is 12.7. The van der Waals surface area contributed by atoms with Gasteiger partial charge < -0.3 is 20.1 Å². The lowest BCUT2D eigenvalue weighted by Gasteiger charge is -2.43. The molecule has 0 spiro atoms. The van der Waals surface area contributed by atoms with Crippen molar-refractivity contribution in [3.05, 3.63) is 41.5 Å². The number of carbonyl (C=O) groups is 1. The van der Waals surface area contributed by atoms with E-state index in [0.717, 1.165) is 12.0 Å². The maximum Gasteiger partial charge on any atom is 0.338 e. The van der Waals surface area contributed by atoms with Crippen molar-refractivity contribution in [3.8, 4) is 5.75 Å². The Morgan fingerprint density at radius 2 is 1.85 bits per heavy atom. The maximum absolute atomic E-state index is 12.7. The number of fused-ring (bicyclic) bond motifs is 1. The van der Waals surface area contributed by atoms with E-state index in [1.54, 1.807) is 6.08 Å². The third-order valence-electron chi connectivity index (χ3n) is 6.67. The summed E-state index contributed by atoms with van der Waals surface area (Å²) in [6.45, 7) is 7.89. The van der Waals surface area contributed by atoms with Gasteiger partial charge in [0.1, 0.15) is 11.9 Å².